The van der Waals surface area contributed by atoms with Gasteiger partial charge in [0.25, 0.3) is 5.69 Å². The Hall–Kier alpha value is -2.48. The lowest BCUT2D eigenvalue weighted by Gasteiger charge is -2.17. The molecule has 0 bridgehead atoms. The zero-order valence-electron chi connectivity index (χ0n) is 11.4. The Balaban J connectivity index is 2.84. The molecule has 1 rings (SSSR count). The van der Waals surface area contributed by atoms with Gasteiger partial charge in [-0.1, -0.05) is 12.1 Å². The van der Waals surface area contributed by atoms with Crippen molar-refractivity contribution in [1.82, 2.24) is 5.32 Å². The monoisotopic (exact) mass is 296 g/mol. The molecule has 3 N–H and O–H groups in total. The fourth-order valence-electron chi connectivity index (χ4n) is 1.74. The number of carboxylic acids is 1. The van der Waals surface area contributed by atoms with Gasteiger partial charge in [0.05, 0.1) is 10.8 Å². The number of nitrogens with zero attached hydrogens (tertiary/aromatic N) is 1. The number of aliphatic hydroxyl groups is 1. The van der Waals surface area contributed by atoms with Crippen LogP contribution in [0.3, 0.4) is 0 Å². The van der Waals surface area contributed by atoms with E-state index < -0.39 is 28.8 Å². The lowest BCUT2D eigenvalue weighted by atomic mass is 9.99. The van der Waals surface area contributed by atoms with Crippen molar-refractivity contribution >= 4 is 17.6 Å². The predicted octanol–water partition coefficient (Wildman–Crippen LogP) is 0.650. The molecule has 8 nitrogen and oxygen atoms in total. The second-order valence-electron chi connectivity index (χ2n) is 4.49. The zero-order valence-corrected chi connectivity index (χ0v) is 11.4. The molecule has 0 radical (unpaired) electrons. The van der Waals surface area contributed by atoms with Crippen LogP contribution in [0.1, 0.15) is 24.8 Å². The van der Waals surface area contributed by atoms with Crippen LogP contribution in [0.25, 0.3) is 0 Å². The van der Waals surface area contributed by atoms with Crippen LogP contribution in [-0.2, 0) is 9.59 Å². The quantitative estimate of drug-likeness (QED) is 0.500. The summed E-state index contributed by atoms with van der Waals surface area (Å²) in [6.07, 6.45) is -0.108. The van der Waals surface area contributed by atoms with Gasteiger partial charge in [0, 0.05) is 25.2 Å². The van der Waals surface area contributed by atoms with Crippen LogP contribution in [0.5, 0.6) is 0 Å². The number of carbonyl (C=O) groups excluding carboxylic acids is 1. The van der Waals surface area contributed by atoms with Crippen molar-refractivity contribution in [3.8, 4) is 0 Å². The highest BCUT2D eigenvalue weighted by Crippen LogP contribution is 2.21. The molecule has 0 aliphatic rings. The van der Waals surface area contributed by atoms with Crippen molar-refractivity contribution < 1.29 is 24.7 Å². The third-order valence-corrected chi connectivity index (χ3v) is 3.01. The van der Waals surface area contributed by atoms with E-state index >= 15 is 0 Å². The third-order valence-electron chi connectivity index (χ3n) is 3.01. The van der Waals surface area contributed by atoms with Crippen molar-refractivity contribution in [2.45, 2.75) is 25.3 Å². The summed E-state index contributed by atoms with van der Waals surface area (Å²) >= 11 is 0. The maximum atomic E-state index is 12.0. The van der Waals surface area contributed by atoms with Crippen LogP contribution < -0.4 is 5.32 Å². The highest BCUT2D eigenvalue weighted by Gasteiger charge is 2.24. The second-order valence-corrected chi connectivity index (χ2v) is 4.49. The lowest BCUT2D eigenvalue weighted by molar-refractivity contribution is -0.384. The van der Waals surface area contributed by atoms with Gasteiger partial charge in [-0.3, -0.25) is 14.9 Å². The number of non-ortho nitro benzene ring substituents is 1. The first-order valence-electron chi connectivity index (χ1n) is 6.25. The van der Waals surface area contributed by atoms with Gasteiger partial charge in [-0.2, -0.15) is 0 Å². The molecule has 1 unspecified atom stereocenters. The number of amides is 1. The second kappa shape index (κ2) is 7.34. The average molecular weight is 296 g/mol. The highest BCUT2D eigenvalue weighted by molar-refractivity contribution is 5.87. The number of nitrogens with one attached hydrogen (secondary N) is 1. The summed E-state index contributed by atoms with van der Waals surface area (Å²) in [6, 6.07) is 4.40. The average Bonchev–Trinajstić information content (AvgIpc) is 2.45. The summed E-state index contributed by atoms with van der Waals surface area (Å²) in [5.41, 5.74) is 0.270. The molecule has 0 aliphatic carbocycles. The van der Waals surface area contributed by atoms with Crippen LogP contribution in [0.4, 0.5) is 5.69 Å². The molecule has 2 atom stereocenters. The number of aliphatic carboxylic acids is 1. The summed E-state index contributed by atoms with van der Waals surface area (Å²) in [4.78, 5) is 33.0. The summed E-state index contributed by atoms with van der Waals surface area (Å²) in [5, 5.41) is 30.7. The highest BCUT2D eigenvalue weighted by atomic mass is 16.6. The van der Waals surface area contributed by atoms with E-state index in [2.05, 4.69) is 5.32 Å². The maximum Gasteiger partial charge on any atom is 0.326 e. The van der Waals surface area contributed by atoms with E-state index in [9.17, 15) is 19.7 Å². The zero-order chi connectivity index (χ0) is 16.0. The van der Waals surface area contributed by atoms with Crippen molar-refractivity contribution in [2.24, 2.45) is 0 Å². The smallest absolute Gasteiger partial charge is 0.326 e. The Labute approximate surface area is 120 Å². The Morgan fingerprint density at radius 1 is 1.43 bits per heavy atom. The molecule has 0 aromatic heterocycles. The normalized spacial score (nSPS) is 13.2. The first kappa shape index (κ1) is 16.6. The van der Waals surface area contributed by atoms with Gasteiger partial charge in [-0.25, -0.2) is 4.79 Å². The fraction of sp³-hybridized carbons (Fsp3) is 0.385. The number of rotatable bonds is 7. The third kappa shape index (κ3) is 4.53. The molecule has 8 heteroatoms. The molecule has 0 fully saturated rings. The Kier molecular flexibility index (Phi) is 5.79. The van der Waals surface area contributed by atoms with Crippen LogP contribution in [0.15, 0.2) is 24.3 Å². The van der Waals surface area contributed by atoms with E-state index in [1.165, 1.54) is 25.1 Å². The van der Waals surface area contributed by atoms with Crippen LogP contribution in [-0.4, -0.2) is 39.7 Å². The molecule has 1 aromatic rings. The summed E-state index contributed by atoms with van der Waals surface area (Å²) < 4.78 is 0. The number of nitro benzene ring substituents is 1. The van der Waals surface area contributed by atoms with E-state index in [-0.39, 0.29) is 18.7 Å². The van der Waals surface area contributed by atoms with Gasteiger partial charge in [0.1, 0.15) is 6.04 Å². The lowest BCUT2D eigenvalue weighted by Crippen LogP contribution is -2.43. The number of benzene rings is 1. The summed E-state index contributed by atoms with van der Waals surface area (Å²) in [5.74, 6) is -2.56. The van der Waals surface area contributed by atoms with Crippen LogP contribution in [0.2, 0.25) is 0 Å². The number of carbonyl (C=O) groups is 2. The molecule has 0 spiro atoms. The van der Waals surface area contributed by atoms with Crippen LogP contribution >= 0.6 is 0 Å². The molecular formula is C13H16N2O6. The van der Waals surface area contributed by atoms with Gasteiger partial charge in [0.15, 0.2) is 0 Å². The molecule has 0 heterocycles. The molecule has 0 saturated carbocycles. The Morgan fingerprint density at radius 3 is 2.62 bits per heavy atom. The van der Waals surface area contributed by atoms with E-state index in [0.717, 1.165) is 0 Å². The van der Waals surface area contributed by atoms with E-state index in [1.807, 2.05) is 0 Å². The van der Waals surface area contributed by atoms with E-state index in [0.29, 0.717) is 5.56 Å². The van der Waals surface area contributed by atoms with Gasteiger partial charge in [-0.05, 0) is 12.5 Å². The maximum absolute atomic E-state index is 12.0. The van der Waals surface area contributed by atoms with E-state index in [1.54, 1.807) is 6.07 Å². The first-order valence-corrected chi connectivity index (χ1v) is 6.25. The van der Waals surface area contributed by atoms with Gasteiger partial charge < -0.3 is 15.5 Å². The minimum absolute atomic E-state index is 0.108. The molecule has 114 valence electrons. The minimum atomic E-state index is -1.25. The number of hydrogen-bond acceptors (Lipinski definition) is 5. The van der Waals surface area contributed by atoms with Crippen molar-refractivity contribution in [2.75, 3.05) is 6.61 Å². The van der Waals surface area contributed by atoms with Crippen molar-refractivity contribution in [3.05, 3.63) is 39.9 Å². The minimum Gasteiger partial charge on any atom is -0.480 e. The Bertz CT molecular complexity index is 545. The summed E-state index contributed by atoms with van der Waals surface area (Å²) in [7, 11) is 0. The molecule has 1 aromatic carbocycles. The van der Waals surface area contributed by atoms with Gasteiger partial charge in [-0.15, -0.1) is 0 Å². The molecule has 0 aliphatic heterocycles. The first-order chi connectivity index (χ1) is 9.86. The molecular weight excluding hydrogens is 280 g/mol. The van der Waals surface area contributed by atoms with Gasteiger partial charge in [0.2, 0.25) is 5.91 Å². The van der Waals surface area contributed by atoms with Gasteiger partial charge >= 0.3 is 5.97 Å². The number of nitro groups is 1. The van der Waals surface area contributed by atoms with Crippen molar-refractivity contribution in [1.29, 1.82) is 0 Å². The summed E-state index contributed by atoms with van der Waals surface area (Å²) in [6.45, 7) is 1.15. The number of aliphatic hydroxyl groups excluding tert-OH is 1. The Morgan fingerprint density at radius 2 is 2.10 bits per heavy atom. The largest absolute Gasteiger partial charge is 0.480 e. The standard InChI is InChI=1S/C13H16N2O6/c1-8(9-3-2-4-10(7-9)15(20)21)12(17)14-11(5-6-16)13(18)19/h2-4,7-8,11,16H,5-6H2,1H3,(H,14,17)(H,18,19)/t8?,11-/m1/s1. The fourth-order valence-corrected chi connectivity index (χ4v) is 1.74. The topological polar surface area (TPSA) is 130 Å². The van der Waals surface area contributed by atoms with Crippen molar-refractivity contribution in [3.63, 3.8) is 0 Å². The molecule has 0 saturated heterocycles. The number of hydrogen-bond donors (Lipinski definition) is 3. The van der Waals surface area contributed by atoms with Crippen LogP contribution in [0, 0.1) is 10.1 Å². The SMILES string of the molecule is CC(C(=O)N[C@H](CCO)C(=O)O)c1cccc([N+](=O)[O-])c1. The number of carboxylic acid groups (broad SMARTS) is 1. The molecule has 21 heavy (non-hydrogen) atoms. The predicted molar refractivity (Wildman–Crippen MR) is 72.8 cm³/mol. The molecule has 1 amide bonds. The van der Waals surface area contributed by atoms with E-state index in [4.69, 9.17) is 10.2 Å².